The van der Waals surface area contributed by atoms with Crippen LogP contribution in [0.4, 0.5) is 29.6 Å². The van der Waals surface area contributed by atoms with Gasteiger partial charge in [-0.1, -0.05) is 18.7 Å². The molecule has 2 aliphatic heterocycles. The van der Waals surface area contributed by atoms with E-state index in [0.717, 1.165) is 30.5 Å². The van der Waals surface area contributed by atoms with E-state index >= 15 is 0 Å². The number of anilines is 2. The van der Waals surface area contributed by atoms with Crippen molar-refractivity contribution in [3.8, 4) is 11.4 Å². The molecular weight excluding hydrogens is 657 g/mol. The predicted octanol–water partition coefficient (Wildman–Crippen LogP) is 4.08. The van der Waals surface area contributed by atoms with E-state index in [-0.39, 0.29) is 35.3 Å². The van der Waals surface area contributed by atoms with Gasteiger partial charge < -0.3 is 19.3 Å². The van der Waals surface area contributed by atoms with Crippen LogP contribution < -0.4 is 10.2 Å². The summed E-state index contributed by atoms with van der Waals surface area (Å²) >= 11 is 0. The number of rotatable bonds is 9. The van der Waals surface area contributed by atoms with E-state index in [2.05, 4.69) is 36.6 Å². The van der Waals surface area contributed by atoms with Crippen molar-refractivity contribution in [2.75, 3.05) is 69.8 Å². The lowest BCUT2D eigenvalue weighted by Crippen LogP contribution is -2.48. The fourth-order valence-corrected chi connectivity index (χ4v) is 5.93. The van der Waals surface area contributed by atoms with Crippen LogP contribution in [0.25, 0.3) is 16.9 Å². The van der Waals surface area contributed by atoms with Crippen LogP contribution in [0.15, 0.2) is 61.4 Å². The topological polar surface area (TPSA) is 134 Å². The van der Waals surface area contributed by atoms with Crippen LogP contribution >= 0.6 is 0 Å². The van der Waals surface area contributed by atoms with Gasteiger partial charge in [-0.3, -0.25) is 19.8 Å². The average Bonchev–Trinajstić information content (AvgIpc) is 3.53. The van der Waals surface area contributed by atoms with Gasteiger partial charge in [-0.15, -0.1) is 5.10 Å². The number of allylic oxidation sites excluding steroid dienone is 1. The number of nitrogens with one attached hydrogen (secondary N) is 1. The van der Waals surface area contributed by atoms with Gasteiger partial charge >= 0.3 is 12.3 Å². The summed E-state index contributed by atoms with van der Waals surface area (Å²) in [6.45, 7) is 8.12. The molecule has 0 unspecified atom stereocenters. The smallest absolute Gasteiger partial charge is 0.417 e. The number of amides is 2. The Labute approximate surface area is 285 Å². The van der Waals surface area contributed by atoms with Crippen molar-refractivity contribution >= 4 is 34.9 Å². The number of hydrogen-bond acceptors (Lipinski definition) is 10. The monoisotopic (exact) mass is 692 g/mol. The molecule has 2 saturated heterocycles. The summed E-state index contributed by atoms with van der Waals surface area (Å²) in [7, 11) is 1.09. The first-order chi connectivity index (χ1) is 24.0. The molecule has 1 aromatic carbocycles. The van der Waals surface area contributed by atoms with Gasteiger partial charge in [0.15, 0.2) is 17.4 Å². The molecule has 6 rings (SSSR count). The summed E-state index contributed by atoms with van der Waals surface area (Å²) in [5.74, 6) is -0.221. The Bertz CT molecular complexity index is 1900. The summed E-state index contributed by atoms with van der Waals surface area (Å²) in [4.78, 5) is 51.0. The summed E-state index contributed by atoms with van der Waals surface area (Å²) in [5.41, 5.74) is 1.46. The molecule has 13 nitrogen and oxygen atoms in total. The van der Waals surface area contributed by atoms with E-state index < -0.39 is 17.8 Å². The van der Waals surface area contributed by atoms with Crippen molar-refractivity contribution in [1.82, 2.24) is 29.4 Å². The van der Waals surface area contributed by atoms with Crippen LogP contribution in [0.3, 0.4) is 0 Å². The second-order valence-corrected chi connectivity index (χ2v) is 11.9. The number of ketones is 1. The van der Waals surface area contributed by atoms with E-state index in [9.17, 15) is 27.6 Å². The van der Waals surface area contributed by atoms with Crippen molar-refractivity contribution in [3.63, 3.8) is 0 Å². The minimum Gasteiger partial charge on any atom is -0.453 e. The number of methoxy groups -OCH3 is 1. The maximum absolute atomic E-state index is 14.3. The molecule has 0 spiro atoms. The number of hydrogen-bond donors (Lipinski definition) is 1. The highest BCUT2D eigenvalue weighted by Crippen LogP contribution is 2.38. The molecule has 1 N–H and O–H groups in total. The number of fused-ring (bicyclic) bond motifs is 1. The number of pyridine rings is 1. The first kappa shape index (κ1) is 34.5. The zero-order valence-electron chi connectivity index (χ0n) is 27.3. The van der Waals surface area contributed by atoms with Gasteiger partial charge in [-0.05, 0) is 41.5 Å². The van der Waals surface area contributed by atoms with E-state index in [1.165, 1.54) is 10.6 Å². The van der Waals surface area contributed by atoms with Gasteiger partial charge in [0.2, 0.25) is 0 Å². The zero-order chi connectivity index (χ0) is 35.4. The number of piperazine rings is 1. The second kappa shape index (κ2) is 14.6. The van der Waals surface area contributed by atoms with Gasteiger partial charge in [-0.2, -0.15) is 13.2 Å². The third kappa shape index (κ3) is 7.76. The minimum atomic E-state index is -4.80. The molecule has 5 heterocycles. The third-order valence-electron chi connectivity index (χ3n) is 8.55. The van der Waals surface area contributed by atoms with Crippen LogP contribution in [0, 0.1) is 0 Å². The van der Waals surface area contributed by atoms with Gasteiger partial charge in [0, 0.05) is 70.2 Å². The highest BCUT2D eigenvalue weighted by Gasteiger charge is 2.36. The van der Waals surface area contributed by atoms with Crippen LogP contribution in [-0.4, -0.2) is 107 Å². The molecule has 4 aromatic rings. The minimum absolute atomic E-state index is 0.0827. The van der Waals surface area contributed by atoms with Crippen LogP contribution in [0.2, 0.25) is 0 Å². The lowest BCUT2D eigenvalue weighted by atomic mass is 10.1. The lowest BCUT2D eigenvalue weighted by Gasteiger charge is -2.34. The third-order valence-corrected chi connectivity index (χ3v) is 8.55. The maximum Gasteiger partial charge on any atom is 0.417 e. The van der Waals surface area contributed by atoms with Gasteiger partial charge in [0.1, 0.15) is 11.3 Å². The van der Waals surface area contributed by atoms with Crippen molar-refractivity contribution in [3.05, 3.63) is 83.7 Å². The Morgan fingerprint density at radius 3 is 2.40 bits per heavy atom. The van der Waals surface area contributed by atoms with Gasteiger partial charge in [-0.25, -0.2) is 19.3 Å². The normalized spacial score (nSPS) is 15.6. The van der Waals surface area contributed by atoms with E-state index in [4.69, 9.17) is 4.74 Å². The number of carbonyl (C=O) groups is 3. The Kier molecular flexibility index (Phi) is 10.1. The van der Waals surface area contributed by atoms with E-state index in [0.29, 0.717) is 75.9 Å². The quantitative estimate of drug-likeness (QED) is 0.256. The van der Waals surface area contributed by atoms with Gasteiger partial charge in [0.05, 0.1) is 31.5 Å². The molecule has 3 aromatic heterocycles. The summed E-state index contributed by atoms with van der Waals surface area (Å²) in [6.07, 6.45) is -1.48. The van der Waals surface area contributed by atoms with Crippen molar-refractivity contribution in [2.45, 2.75) is 19.1 Å². The fourth-order valence-electron chi connectivity index (χ4n) is 5.93. The van der Waals surface area contributed by atoms with Crippen LogP contribution in [-0.2, 0) is 33.4 Å². The number of morpholine rings is 1. The predicted molar refractivity (Wildman–Crippen MR) is 177 cm³/mol. The highest BCUT2D eigenvalue weighted by atomic mass is 19.4. The molecule has 262 valence electrons. The van der Waals surface area contributed by atoms with Crippen molar-refractivity contribution in [1.29, 1.82) is 0 Å². The number of halogens is 3. The molecule has 50 heavy (non-hydrogen) atoms. The van der Waals surface area contributed by atoms with Crippen LogP contribution in [0.5, 0.6) is 0 Å². The first-order valence-electron chi connectivity index (χ1n) is 15.9. The molecule has 0 atom stereocenters. The first-order valence-corrected chi connectivity index (χ1v) is 15.9. The molecule has 2 amide bonds. The maximum atomic E-state index is 14.3. The number of nitrogens with zero attached hydrogens (tertiary/aromatic N) is 7. The molecule has 2 aliphatic rings. The summed E-state index contributed by atoms with van der Waals surface area (Å²) < 4.78 is 54.4. The molecule has 16 heteroatoms. The summed E-state index contributed by atoms with van der Waals surface area (Å²) in [5, 5.41) is 6.66. The van der Waals surface area contributed by atoms with Gasteiger partial charge in [0.25, 0.3) is 5.91 Å². The number of alkyl halides is 3. The second-order valence-electron chi connectivity index (χ2n) is 11.9. The SMILES string of the molecule is C=CC(=O)Cc1ccc(C(=O)N2CCN(Cc3cc4c(N5CCOCC5)nc(-c5cnc(NC(=O)OC)cc5C(F)(F)F)nn4c3)CC2)cc1. The Hall–Kier alpha value is -5.35. The highest BCUT2D eigenvalue weighted by molar-refractivity contribution is 5.95. The standard InChI is InChI=1S/C34H35F3N8O5/c1-3-25(46)16-22-4-6-24(7-5-22)32(47)44-10-8-42(9-11-44)20-23-17-28-31(43-12-14-50-15-13-43)40-30(41-45(28)21-23)26-19-38-29(39-33(48)49-2)18-27(26)34(35,36)37/h3-7,17-19,21H,1,8-16,20H2,2H3,(H,38,39,48). The van der Waals surface area contributed by atoms with E-state index in [1.54, 1.807) is 35.4 Å². The lowest BCUT2D eigenvalue weighted by molar-refractivity contribution is -0.137. The Morgan fingerprint density at radius 1 is 1.02 bits per heavy atom. The fraction of sp³-hybridized carbons (Fsp3) is 0.353. The number of aromatic nitrogens is 4. The van der Waals surface area contributed by atoms with Crippen molar-refractivity contribution < 1.29 is 37.0 Å². The molecule has 0 bridgehead atoms. The van der Waals surface area contributed by atoms with E-state index in [1.807, 2.05) is 11.0 Å². The molecule has 0 radical (unpaired) electrons. The Morgan fingerprint density at radius 2 is 1.74 bits per heavy atom. The molecule has 2 fully saturated rings. The molecular formula is C34H35F3N8O5. The Balaban J connectivity index is 1.22. The van der Waals surface area contributed by atoms with Crippen LogP contribution in [0.1, 0.15) is 27.0 Å². The molecule has 0 aliphatic carbocycles. The largest absolute Gasteiger partial charge is 0.453 e. The number of benzene rings is 1. The molecule has 0 saturated carbocycles. The number of ether oxygens (including phenoxy) is 2. The zero-order valence-corrected chi connectivity index (χ0v) is 27.3. The number of carbonyl (C=O) groups excluding carboxylic acids is 3. The average molecular weight is 693 g/mol. The van der Waals surface area contributed by atoms with Crippen molar-refractivity contribution in [2.24, 2.45) is 0 Å². The summed E-state index contributed by atoms with van der Waals surface area (Å²) in [6, 6.07) is 9.67.